The van der Waals surface area contributed by atoms with Crippen molar-refractivity contribution in [1.82, 2.24) is 34.6 Å². The summed E-state index contributed by atoms with van der Waals surface area (Å²) >= 11 is 14.2. The minimum absolute atomic E-state index is 0.0650. The summed E-state index contributed by atoms with van der Waals surface area (Å²) in [6.07, 6.45) is 11.8. The third-order valence-electron chi connectivity index (χ3n) is 7.13. The molecule has 53 heavy (non-hydrogen) atoms. The van der Waals surface area contributed by atoms with Crippen molar-refractivity contribution in [2.45, 2.75) is 61.7 Å². The van der Waals surface area contributed by atoms with Gasteiger partial charge in [-0.15, -0.1) is 43.6 Å². The van der Waals surface area contributed by atoms with Crippen LogP contribution in [0.1, 0.15) is 65.3 Å². The van der Waals surface area contributed by atoms with E-state index in [-0.39, 0.29) is 18.6 Å². The molecule has 0 radical (unpaired) electrons. The highest BCUT2D eigenvalue weighted by molar-refractivity contribution is 6.66. The van der Waals surface area contributed by atoms with E-state index in [1.807, 2.05) is 52.0 Å². The van der Waals surface area contributed by atoms with E-state index in [4.69, 9.17) is 44.6 Å². The maximum absolute atomic E-state index is 11.1. The smallest absolute Gasteiger partial charge is 0.330 e. The van der Waals surface area contributed by atoms with E-state index in [9.17, 15) is 9.59 Å². The molecule has 0 saturated carbocycles. The summed E-state index contributed by atoms with van der Waals surface area (Å²) in [5, 5.41) is 32.0. The molecule has 13 nitrogen and oxygen atoms in total. The number of halogens is 3. The number of nitrogens with zero attached hydrogens (tertiary/aromatic N) is 9. The highest BCUT2D eigenvalue weighted by Gasteiger charge is 2.06. The highest BCUT2D eigenvalue weighted by atomic mass is 35.5. The Morgan fingerprint density at radius 1 is 0.755 bits per heavy atom. The number of aliphatic hydroxyl groups excluding tert-OH is 1. The highest BCUT2D eigenvalue weighted by Crippen LogP contribution is 2.17. The number of carbonyl (C=O) groups excluding carboxylic acids is 2. The minimum atomic E-state index is -0.509. The van der Waals surface area contributed by atoms with E-state index in [0.29, 0.717) is 0 Å². The zero-order valence-electron chi connectivity index (χ0n) is 31.4. The fourth-order valence-electron chi connectivity index (χ4n) is 4.05. The van der Waals surface area contributed by atoms with Gasteiger partial charge >= 0.3 is 5.97 Å². The van der Waals surface area contributed by atoms with Gasteiger partial charge in [-0.2, -0.15) is 10.2 Å². The van der Waals surface area contributed by atoms with Gasteiger partial charge in [-0.25, -0.2) is 14.1 Å². The van der Waals surface area contributed by atoms with Gasteiger partial charge in [0.15, 0.2) is 0 Å². The van der Waals surface area contributed by atoms with E-state index in [1.54, 1.807) is 12.4 Å². The molecule has 0 unspecified atom stereocenters. The summed E-state index contributed by atoms with van der Waals surface area (Å²) in [5.41, 5.74) is 8.13. The van der Waals surface area contributed by atoms with Crippen LogP contribution in [0.2, 0.25) is 0 Å². The summed E-state index contributed by atoms with van der Waals surface area (Å²) in [6.45, 7) is 24.8. The first-order valence-corrected chi connectivity index (χ1v) is 17.8. The zero-order chi connectivity index (χ0) is 40.2. The summed E-state index contributed by atoms with van der Waals surface area (Å²) in [5.74, 6) is -0.426. The molecule has 0 aliphatic rings. The van der Waals surface area contributed by atoms with E-state index in [2.05, 4.69) is 69.4 Å². The number of carbonyl (C=O) groups is 2. The van der Waals surface area contributed by atoms with Crippen LogP contribution >= 0.6 is 34.8 Å². The van der Waals surface area contributed by atoms with Crippen molar-refractivity contribution in [2.24, 2.45) is 10.2 Å². The minimum Gasteiger partial charge on any atom is -0.458 e. The lowest BCUT2D eigenvalue weighted by atomic mass is 10.0. The number of rotatable bonds is 12. The Kier molecular flexibility index (Phi) is 26.5. The van der Waals surface area contributed by atoms with Gasteiger partial charge in [-0.3, -0.25) is 4.79 Å². The number of aryl methyl sites for hydroxylation is 4. The lowest BCUT2D eigenvalue weighted by Crippen LogP contribution is -2.21. The molecule has 0 spiro atoms. The monoisotopic (exact) mass is 789 g/mol. The van der Waals surface area contributed by atoms with Gasteiger partial charge in [-0.05, 0) is 122 Å². The molecule has 2 aromatic heterocycles. The van der Waals surface area contributed by atoms with Crippen LogP contribution in [0.4, 0.5) is 0 Å². The Morgan fingerprint density at radius 2 is 1.13 bits per heavy atom. The van der Waals surface area contributed by atoms with Crippen LogP contribution in [0.3, 0.4) is 0 Å². The van der Waals surface area contributed by atoms with Gasteiger partial charge in [-0.1, -0.05) is 46.1 Å². The Labute approximate surface area is 327 Å². The first kappa shape index (κ1) is 48.5. The second-order valence-corrected chi connectivity index (χ2v) is 11.8. The number of hydrogen-bond acceptors (Lipinski definition) is 11. The fraction of sp³-hybridized carbons (Fsp3) is 0.351. The number of ether oxygens (including phenoxy) is 1. The van der Waals surface area contributed by atoms with Crippen molar-refractivity contribution in [3.05, 3.63) is 119 Å². The number of aromatic nitrogens is 6. The van der Waals surface area contributed by atoms with Crippen LogP contribution in [0, 0.1) is 27.7 Å². The van der Waals surface area contributed by atoms with Gasteiger partial charge in [0, 0.05) is 6.08 Å². The largest absolute Gasteiger partial charge is 0.458 e. The molecule has 1 N–H and O–H groups in total. The average Bonchev–Trinajstić information content (AvgIpc) is 3.88. The third kappa shape index (κ3) is 20.9. The van der Waals surface area contributed by atoms with E-state index in [0.717, 1.165) is 56.7 Å². The predicted molar refractivity (Wildman–Crippen MR) is 215 cm³/mol. The summed E-state index contributed by atoms with van der Waals surface area (Å²) < 4.78 is 8.12. The second-order valence-electron chi connectivity index (χ2n) is 10.6. The van der Waals surface area contributed by atoms with Crippen LogP contribution in [0.25, 0.3) is 0 Å². The van der Waals surface area contributed by atoms with Gasteiger partial charge < -0.3 is 14.7 Å². The van der Waals surface area contributed by atoms with Gasteiger partial charge in [0.25, 0.3) is 0 Å². The first-order valence-electron chi connectivity index (χ1n) is 16.4. The molecule has 2 aromatic carbocycles. The van der Waals surface area contributed by atoms with Crippen LogP contribution in [-0.2, 0) is 27.5 Å². The number of benzene rings is 2. The Hall–Kier alpha value is -4.53. The normalized spacial score (nSPS) is 10.2. The van der Waals surface area contributed by atoms with Crippen LogP contribution in [0.15, 0.2) is 85.1 Å². The topological polar surface area (TPSA) is 153 Å². The molecule has 16 heteroatoms. The second kappa shape index (κ2) is 29.0. The molecule has 288 valence electrons. The number of alkyl halides is 2. The molecular formula is C37H50Cl3N9O4. The fourth-order valence-corrected chi connectivity index (χ4v) is 4.05. The zero-order valence-corrected chi connectivity index (χ0v) is 33.7. The lowest BCUT2D eigenvalue weighted by Gasteiger charge is -2.13. The first-order chi connectivity index (χ1) is 25.3. The van der Waals surface area contributed by atoms with Crippen molar-refractivity contribution in [2.75, 3.05) is 25.0 Å². The molecule has 0 fully saturated rings. The van der Waals surface area contributed by atoms with Crippen molar-refractivity contribution >= 4 is 58.4 Å². The van der Waals surface area contributed by atoms with E-state index < -0.39 is 11.2 Å². The van der Waals surface area contributed by atoms with Crippen molar-refractivity contribution in [3.63, 3.8) is 0 Å². The van der Waals surface area contributed by atoms with E-state index >= 15 is 0 Å². The quantitative estimate of drug-likeness (QED) is 0.0527. The maximum Gasteiger partial charge on any atom is 0.330 e. The number of esters is 1. The molecule has 4 rings (SSSR count). The molecule has 0 aliphatic heterocycles. The van der Waals surface area contributed by atoms with Crippen LogP contribution in [0.5, 0.6) is 0 Å². The van der Waals surface area contributed by atoms with Gasteiger partial charge in [0.2, 0.25) is 5.24 Å². The molecule has 0 aliphatic carbocycles. The van der Waals surface area contributed by atoms with E-state index in [1.165, 1.54) is 54.3 Å². The third-order valence-corrected chi connectivity index (χ3v) is 7.29. The molecule has 0 amide bonds. The Morgan fingerprint density at radius 3 is 1.45 bits per heavy atom. The molecule has 0 atom stereocenters. The Bertz CT molecular complexity index is 1700. The average molecular weight is 791 g/mol. The van der Waals surface area contributed by atoms with Crippen molar-refractivity contribution in [3.8, 4) is 0 Å². The molecular weight excluding hydrogens is 741 g/mol. The van der Waals surface area contributed by atoms with Gasteiger partial charge in [0.1, 0.15) is 31.9 Å². The SMILES string of the molecule is C=CC(=O)Cl.C=CC(=O)OCc1cc(C)c(/C=N/n2cnnc2)cc1C.CCN(CC)CC.Cc1cc(CO)c(C)cc1/C=N/n1cnnc1.ClCCl. The number of allylic oxidation sites excluding steroid dienone is 1. The molecule has 0 bridgehead atoms. The molecule has 0 saturated heterocycles. The predicted octanol–water partition coefficient (Wildman–Crippen LogP) is 6.98. The summed E-state index contributed by atoms with van der Waals surface area (Å²) in [4.78, 5) is 22.9. The van der Waals surface area contributed by atoms with Crippen LogP contribution in [-0.4, -0.2) is 88.4 Å². The summed E-state index contributed by atoms with van der Waals surface area (Å²) in [6, 6.07) is 7.97. The van der Waals surface area contributed by atoms with Crippen molar-refractivity contribution < 1.29 is 19.4 Å². The number of hydrogen-bond donors (Lipinski definition) is 1. The van der Waals surface area contributed by atoms with Crippen molar-refractivity contribution in [1.29, 1.82) is 0 Å². The summed E-state index contributed by atoms with van der Waals surface area (Å²) in [7, 11) is 0. The molecule has 4 aromatic rings. The Balaban J connectivity index is 0.000000749. The maximum atomic E-state index is 11.1. The number of aliphatic hydroxyl groups is 1. The van der Waals surface area contributed by atoms with Gasteiger partial charge in [0.05, 0.1) is 24.4 Å². The molecule has 2 heterocycles. The lowest BCUT2D eigenvalue weighted by molar-refractivity contribution is -0.139. The standard InChI is InChI=1S/C15H16N4O2.C12H14N4O.C6H15N.C3H3ClO.CH2Cl2/c1-4-15(20)21-8-14-6-11(2)13(5-12(14)3)7-18-19-9-16-17-10-19;1-9-4-12(6-17)10(2)3-11(9)5-15-16-7-13-14-8-16;1-4-7(5-2)6-3;1-2-3(4)5;2-1-3/h4-7,9-10H,1,8H2,2-3H3;3-5,7-8,17H,6H2,1-2H3;4-6H2,1-3H3;2H,1H2;1H2/b18-7+;15-5+;;;. The van der Waals surface area contributed by atoms with Crippen LogP contribution < -0.4 is 0 Å².